The third kappa shape index (κ3) is 14.2. The molecule has 0 bridgehead atoms. The van der Waals surface area contributed by atoms with E-state index >= 15 is 0 Å². The minimum atomic E-state index is -0.514. The van der Waals surface area contributed by atoms with Gasteiger partial charge in [-0.2, -0.15) is 0 Å². The van der Waals surface area contributed by atoms with Crippen LogP contribution in [0.25, 0.3) is 0 Å². The molecule has 0 saturated carbocycles. The van der Waals surface area contributed by atoms with Crippen LogP contribution in [0.2, 0.25) is 0 Å². The summed E-state index contributed by atoms with van der Waals surface area (Å²) in [6.45, 7) is 7.07. The SMILES string of the molecule is CCCCCCC(CCCOC)OC(=O)/C=C/C(=O)OCC(C)C. The summed E-state index contributed by atoms with van der Waals surface area (Å²) in [5.74, 6) is -0.739. The summed E-state index contributed by atoms with van der Waals surface area (Å²) in [4.78, 5) is 23.3. The predicted molar refractivity (Wildman–Crippen MR) is 94.7 cm³/mol. The fourth-order valence-electron chi connectivity index (χ4n) is 2.15. The molecule has 0 rings (SSSR count). The molecule has 5 nitrogen and oxygen atoms in total. The van der Waals surface area contributed by atoms with Gasteiger partial charge in [0.2, 0.25) is 0 Å². The molecule has 0 aliphatic carbocycles. The lowest BCUT2D eigenvalue weighted by atomic mass is 10.1. The Morgan fingerprint density at radius 1 is 0.958 bits per heavy atom. The van der Waals surface area contributed by atoms with Gasteiger partial charge in [-0.1, -0.05) is 40.0 Å². The number of methoxy groups -OCH3 is 1. The normalized spacial score (nSPS) is 12.5. The summed E-state index contributed by atoms with van der Waals surface area (Å²) in [5.41, 5.74) is 0. The summed E-state index contributed by atoms with van der Waals surface area (Å²) in [5, 5.41) is 0. The quantitative estimate of drug-likeness (QED) is 0.271. The number of carbonyl (C=O) groups excluding carboxylic acids is 2. The van der Waals surface area contributed by atoms with E-state index in [4.69, 9.17) is 14.2 Å². The van der Waals surface area contributed by atoms with Crippen molar-refractivity contribution in [3.63, 3.8) is 0 Å². The van der Waals surface area contributed by atoms with Crippen LogP contribution in [0.15, 0.2) is 12.2 Å². The fourth-order valence-corrected chi connectivity index (χ4v) is 2.15. The van der Waals surface area contributed by atoms with Crippen molar-refractivity contribution < 1.29 is 23.8 Å². The van der Waals surface area contributed by atoms with E-state index in [0.29, 0.717) is 13.2 Å². The van der Waals surface area contributed by atoms with Crippen LogP contribution in [0.3, 0.4) is 0 Å². The number of hydrogen-bond donors (Lipinski definition) is 0. The van der Waals surface area contributed by atoms with Crippen LogP contribution in [0, 0.1) is 5.92 Å². The standard InChI is InChI=1S/C19H34O5/c1-5-6-7-8-10-17(11-9-14-22-4)24-19(21)13-12-18(20)23-15-16(2)3/h12-13,16-17H,5-11,14-15H2,1-4H3/b13-12+. The van der Waals surface area contributed by atoms with E-state index < -0.39 is 11.9 Å². The fraction of sp³-hybridized carbons (Fsp3) is 0.789. The Kier molecular flexibility index (Phi) is 14.3. The Morgan fingerprint density at radius 3 is 2.25 bits per heavy atom. The van der Waals surface area contributed by atoms with Gasteiger partial charge in [-0.3, -0.25) is 0 Å². The monoisotopic (exact) mass is 342 g/mol. The van der Waals surface area contributed by atoms with Crippen LogP contribution < -0.4 is 0 Å². The predicted octanol–water partition coefficient (Wildman–Crippen LogP) is 4.05. The molecule has 0 aromatic rings. The molecule has 0 aliphatic rings. The molecule has 0 aromatic heterocycles. The van der Waals surface area contributed by atoms with Crippen molar-refractivity contribution >= 4 is 11.9 Å². The molecule has 0 amide bonds. The zero-order valence-electron chi connectivity index (χ0n) is 15.7. The second kappa shape index (κ2) is 15.2. The highest BCUT2D eigenvalue weighted by atomic mass is 16.5. The highest BCUT2D eigenvalue weighted by molar-refractivity contribution is 5.91. The van der Waals surface area contributed by atoms with Gasteiger partial charge in [0.15, 0.2) is 0 Å². The van der Waals surface area contributed by atoms with E-state index in [1.54, 1.807) is 7.11 Å². The smallest absolute Gasteiger partial charge is 0.331 e. The van der Waals surface area contributed by atoms with Crippen molar-refractivity contribution in [2.75, 3.05) is 20.3 Å². The van der Waals surface area contributed by atoms with E-state index in [0.717, 1.165) is 44.3 Å². The van der Waals surface area contributed by atoms with Crippen LogP contribution in [-0.2, 0) is 23.8 Å². The number of ether oxygens (including phenoxy) is 3. The van der Waals surface area contributed by atoms with E-state index in [9.17, 15) is 9.59 Å². The molecule has 0 spiro atoms. The van der Waals surface area contributed by atoms with Gasteiger partial charge in [-0.15, -0.1) is 0 Å². The molecular weight excluding hydrogens is 308 g/mol. The van der Waals surface area contributed by atoms with Gasteiger partial charge in [0.05, 0.1) is 6.61 Å². The molecule has 1 unspecified atom stereocenters. The van der Waals surface area contributed by atoms with Crippen molar-refractivity contribution in [3.8, 4) is 0 Å². The first kappa shape index (κ1) is 22.6. The average molecular weight is 342 g/mol. The van der Waals surface area contributed by atoms with E-state index in [1.807, 2.05) is 13.8 Å². The molecule has 0 N–H and O–H groups in total. The van der Waals surface area contributed by atoms with E-state index in [-0.39, 0.29) is 12.0 Å². The first-order valence-electron chi connectivity index (χ1n) is 9.04. The number of unbranched alkanes of at least 4 members (excludes halogenated alkanes) is 3. The van der Waals surface area contributed by atoms with Gasteiger partial charge >= 0.3 is 11.9 Å². The van der Waals surface area contributed by atoms with Crippen LogP contribution in [0.4, 0.5) is 0 Å². The third-order valence-electron chi connectivity index (χ3n) is 3.45. The van der Waals surface area contributed by atoms with Crippen molar-refractivity contribution in [2.45, 2.75) is 71.8 Å². The molecule has 0 saturated heterocycles. The third-order valence-corrected chi connectivity index (χ3v) is 3.45. The second-order valence-corrected chi connectivity index (χ2v) is 6.40. The Bertz CT molecular complexity index is 363. The maximum Gasteiger partial charge on any atom is 0.331 e. The zero-order chi connectivity index (χ0) is 18.2. The van der Waals surface area contributed by atoms with Crippen molar-refractivity contribution in [3.05, 3.63) is 12.2 Å². The molecule has 0 heterocycles. The van der Waals surface area contributed by atoms with Gasteiger partial charge in [0, 0.05) is 25.9 Å². The first-order valence-corrected chi connectivity index (χ1v) is 9.04. The van der Waals surface area contributed by atoms with Gasteiger partial charge in [0.1, 0.15) is 6.10 Å². The molecule has 1 atom stereocenters. The minimum Gasteiger partial charge on any atom is -0.462 e. The largest absolute Gasteiger partial charge is 0.462 e. The second-order valence-electron chi connectivity index (χ2n) is 6.40. The molecule has 24 heavy (non-hydrogen) atoms. The highest BCUT2D eigenvalue weighted by Crippen LogP contribution is 2.13. The van der Waals surface area contributed by atoms with Crippen LogP contribution >= 0.6 is 0 Å². The van der Waals surface area contributed by atoms with Crippen molar-refractivity contribution in [2.24, 2.45) is 5.92 Å². The molecule has 140 valence electrons. The summed E-state index contributed by atoms with van der Waals surface area (Å²) in [7, 11) is 1.66. The maximum atomic E-state index is 11.9. The summed E-state index contributed by atoms with van der Waals surface area (Å²) in [6.07, 6.45) is 9.19. The first-order chi connectivity index (χ1) is 11.5. The van der Waals surface area contributed by atoms with Crippen LogP contribution in [0.1, 0.15) is 65.7 Å². The molecule has 5 heteroatoms. The Morgan fingerprint density at radius 2 is 1.62 bits per heavy atom. The van der Waals surface area contributed by atoms with E-state index in [1.165, 1.54) is 12.8 Å². The van der Waals surface area contributed by atoms with E-state index in [2.05, 4.69) is 6.92 Å². The molecule has 0 fully saturated rings. The van der Waals surface area contributed by atoms with Crippen molar-refractivity contribution in [1.82, 2.24) is 0 Å². The minimum absolute atomic E-state index is 0.124. The van der Waals surface area contributed by atoms with Crippen LogP contribution in [0.5, 0.6) is 0 Å². The van der Waals surface area contributed by atoms with Gasteiger partial charge in [-0.05, 0) is 31.6 Å². The van der Waals surface area contributed by atoms with Gasteiger partial charge in [-0.25, -0.2) is 9.59 Å². The lowest BCUT2D eigenvalue weighted by Gasteiger charge is -2.17. The topological polar surface area (TPSA) is 61.8 Å². The highest BCUT2D eigenvalue weighted by Gasteiger charge is 2.13. The summed E-state index contributed by atoms with van der Waals surface area (Å²) < 4.78 is 15.5. The van der Waals surface area contributed by atoms with Crippen molar-refractivity contribution in [1.29, 1.82) is 0 Å². The number of carbonyl (C=O) groups is 2. The molecule has 0 aromatic carbocycles. The Hall–Kier alpha value is -1.36. The molecular formula is C19H34O5. The maximum absolute atomic E-state index is 11.9. The Balaban J connectivity index is 4.25. The summed E-state index contributed by atoms with van der Waals surface area (Å²) >= 11 is 0. The number of esters is 2. The van der Waals surface area contributed by atoms with Crippen LogP contribution in [-0.4, -0.2) is 38.4 Å². The average Bonchev–Trinajstić information content (AvgIpc) is 2.54. The van der Waals surface area contributed by atoms with Gasteiger partial charge < -0.3 is 14.2 Å². The summed E-state index contributed by atoms with van der Waals surface area (Å²) in [6, 6.07) is 0. The lowest BCUT2D eigenvalue weighted by molar-refractivity contribution is -0.145. The lowest BCUT2D eigenvalue weighted by Crippen LogP contribution is -2.18. The molecule has 0 aliphatic heterocycles. The Labute approximate surface area is 146 Å². The van der Waals surface area contributed by atoms with Gasteiger partial charge in [0.25, 0.3) is 0 Å². The zero-order valence-corrected chi connectivity index (χ0v) is 15.7. The number of hydrogen-bond acceptors (Lipinski definition) is 5. The number of rotatable bonds is 14. The molecule has 0 radical (unpaired) electrons.